The lowest BCUT2D eigenvalue weighted by atomic mass is 9.84. The van der Waals surface area contributed by atoms with Crippen molar-refractivity contribution in [1.82, 2.24) is 40.9 Å². The van der Waals surface area contributed by atoms with Gasteiger partial charge in [0, 0.05) is 62.2 Å². The largest absolute Gasteiger partial charge is 0.480 e. The number of nitrogens with zero attached hydrogens (tertiary/aromatic N) is 4. The average molecular weight is 1750 g/mol. The minimum absolute atomic E-state index is 0.00692. The summed E-state index contributed by atoms with van der Waals surface area (Å²) in [4.78, 5) is 189. The number of halogens is 2. The Morgan fingerprint density at radius 2 is 0.762 bits per heavy atom. The van der Waals surface area contributed by atoms with Gasteiger partial charge in [-0.15, -0.1) is 0 Å². The fourth-order valence-electron chi connectivity index (χ4n) is 12.7. The molecule has 2 rings (SSSR count). The van der Waals surface area contributed by atoms with E-state index in [0.717, 1.165) is 20.9 Å². The molecule has 0 aliphatic heterocycles. The number of carboxylic acids is 2. The van der Waals surface area contributed by atoms with Gasteiger partial charge in [0.2, 0.25) is 35.4 Å². The molecule has 0 heterocycles. The molecule has 0 spiro atoms. The molecule has 684 valence electrons. The number of carbonyl (C=O) groups excluding carboxylic acids is 12. The van der Waals surface area contributed by atoms with Crippen LogP contribution < -0.4 is 27.0 Å². The molecule has 2 aromatic rings. The Hall–Kier alpha value is -9.48. The van der Waals surface area contributed by atoms with Crippen LogP contribution in [0.4, 0.5) is 0 Å². The zero-order chi connectivity index (χ0) is 93.8. The summed E-state index contributed by atoms with van der Waals surface area (Å²) in [5.74, 6) is -11.1. The van der Waals surface area contributed by atoms with Gasteiger partial charge in [0.25, 0.3) is 11.8 Å². The van der Waals surface area contributed by atoms with Crippen molar-refractivity contribution in [3.05, 3.63) is 116 Å². The molecule has 122 heavy (non-hydrogen) atoms. The zero-order valence-electron chi connectivity index (χ0n) is 76.9. The number of hydrogen-bond acceptors (Lipinski definition) is 19. The quantitative estimate of drug-likeness (QED) is 0.0140. The second-order valence-corrected chi connectivity index (χ2v) is 34.5. The number of benzene rings is 2. The zero-order valence-corrected chi connectivity index (χ0v) is 78.4. The number of likely N-dealkylation sites (N-methyl/N-ethyl adjacent to an activating group) is 4. The normalized spacial score (nSPS) is 16.2. The molecule has 0 saturated carbocycles. The molecule has 0 aliphatic rings. The fourth-order valence-corrected chi connectivity index (χ4v) is 13.0. The van der Waals surface area contributed by atoms with E-state index < -0.39 is 157 Å². The number of carboxylic acid groups (broad SMARTS) is 2. The lowest BCUT2D eigenvalue weighted by molar-refractivity contribution is -0.154. The maximum Gasteiger partial charge on any atom is 0.334 e. The van der Waals surface area contributed by atoms with Gasteiger partial charge in [-0.1, -0.05) is 182 Å². The van der Waals surface area contributed by atoms with Gasteiger partial charge >= 0.3 is 35.8 Å². The summed E-state index contributed by atoms with van der Waals surface area (Å²) in [5, 5.41) is 30.5. The molecule has 17 atom stereocenters. The minimum Gasteiger partial charge on any atom is -0.480 e. The van der Waals surface area contributed by atoms with Crippen molar-refractivity contribution in [2.75, 3.05) is 41.3 Å². The molecular formula is C91H141Cl2N9O20. The van der Waals surface area contributed by atoms with E-state index in [2.05, 4.69) is 21.3 Å². The van der Waals surface area contributed by atoms with E-state index in [0.29, 0.717) is 52.4 Å². The number of amides is 8. The average Bonchev–Trinajstić information content (AvgIpc) is 0.828. The topological polar surface area (TPSA) is 403 Å². The molecule has 0 aliphatic carbocycles. The van der Waals surface area contributed by atoms with Gasteiger partial charge < -0.3 is 75.8 Å². The molecule has 29 nitrogen and oxygen atoms in total. The van der Waals surface area contributed by atoms with Crippen LogP contribution in [0.3, 0.4) is 0 Å². The molecule has 0 radical (unpaired) electrons. The van der Waals surface area contributed by atoms with Crippen LogP contribution >= 0.6 is 23.2 Å². The molecule has 2 aromatic carbocycles. The van der Waals surface area contributed by atoms with Gasteiger partial charge in [-0.25, -0.2) is 19.2 Å². The van der Waals surface area contributed by atoms with Crippen LogP contribution in [-0.4, -0.2) is 221 Å². The highest BCUT2D eigenvalue weighted by Gasteiger charge is 2.39. The maximum absolute atomic E-state index is 14.0. The monoisotopic (exact) mass is 1750 g/mol. The Bertz CT molecular complexity index is 3710. The van der Waals surface area contributed by atoms with Gasteiger partial charge in [0.1, 0.15) is 54.5 Å². The van der Waals surface area contributed by atoms with Gasteiger partial charge in [-0.3, -0.25) is 47.9 Å². The van der Waals surface area contributed by atoms with Gasteiger partial charge in [-0.2, -0.15) is 0 Å². The number of hydrogen-bond donors (Lipinski definition) is 7. The number of esters is 4. The molecule has 0 saturated heterocycles. The molecule has 8 N–H and O–H groups in total. The van der Waals surface area contributed by atoms with Crippen molar-refractivity contribution >= 4 is 106 Å². The van der Waals surface area contributed by atoms with Crippen LogP contribution in [0.5, 0.6) is 0 Å². The van der Waals surface area contributed by atoms with E-state index in [1.54, 1.807) is 123 Å². The predicted octanol–water partition coefficient (Wildman–Crippen LogP) is 11.5. The van der Waals surface area contributed by atoms with Crippen molar-refractivity contribution in [3.63, 3.8) is 0 Å². The Balaban J connectivity index is 0.00000122. The van der Waals surface area contributed by atoms with E-state index in [-0.39, 0.29) is 90.5 Å². The first-order valence-electron chi connectivity index (χ1n) is 42.1. The Morgan fingerprint density at radius 1 is 0.451 bits per heavy atom. The highest BCUT2D eigenvalue weighted by atomic mass is 35.5. The summed E-state index contributed by atoms with van der Waals surface area (Å²) in [6.45, 7) is 40.3. The minimum atomic E-state index is -1.24. The Kier molecular flexibility index (Phi) is 49.1. The van der Waals surface area contributed by atoms with Gasteiger partial charge in [0.15, 0.2) is 12.2 Å². The SMILES string of the molecule is C/C=C(\C)[C@@H](OC(=O)C(C)C)[C@@H](C)[C@@H](C)C/C=C(\C)C(=O)O[C@H](CC(C)C)C(=O)N[C@@H](C)C(=O)N(C)[C@H](Cc1ccc(Cl)cc1)C(=O)N(C)CC(=O)N[C@H](C(=O)O)C(C)CC.C/C=C(\C)[C@@H](OC(=O)[C@@H](C)N)[C@@H](C)[C@@H](C)C/C=C(\C)C(=O)O[C@H](CC(C)C)C(=O)N[C@@H](C)C(=O)N(C)[C@H](Cc1ccc(Cl)cc1)C(=O)N(C)CC(=O)N[C@H](C(=O)O)C(C)CC. The lowest BCUT2D eigenvalue weighted by Gasteiger charge is -2.33. The van der Waals surface area contributed by atoms with Crippen molar-refractivity contribution in [1.29, 1.82) is 0 Å². The summed E-state index contributed by atoms with van der Waals surface area (Å²) in [7, 11) is 5.59. The third-order valence-corrected chi connectivity index (χ3v) is 22.5. The molecule has 31 heteroatoms. The van der Waals surface area contributed by atoms with Crippen molar-refractivity contribution < 1.29 is 96.3 Å². The summed E-state index contributed by atoms with van der Waals surface area (Å²) >= 11 is 12.2. The molecule has 0 fully saturated rings. The number of rotatable bonds is 48. The molecule has 0 aromatic heterocycles. The van der Waals surface area contributed by atoms with Crippen LogP contribution in [0.1, 0.15) is 209 Å². The van der Waals surface area contributed by atoms with Crippen molar-refractivity contribution in [3.8, 4) is 0 Å². The number of carbonyl (C=O) groups is 14. The standard InChI is InChI=1S/C46H71ClN4O10.C45H70ClN5O10/c1-15-28(7)39(44(56)57)49-38(52)25-50(13)43(55)36(24-34-19-21-35(47)22-20-34)51(14)42(54)33(12)48-41(53)37(23-26(3)4)60-46(59)31(10)18-17-30(9)32(11)40(29(8)16-2)61-45(58)27(5)6;1-14-26(5)38(43(56)57)49-37(52)24-50(12)42(55)35(23-33-18-20-34(46)21-19-33)51(13)41(54)32(11)48-40(53)36(22-25(3)4)60-44(58)29(8)17-16-28(7)30(9)39(27(6)15-2)61-45(59)31(10)47/h16,18-22,26-28,30,32-33,36-37,39-40H,15,17,23-25H2,1-14H3,(H,48,53)(H,49,52)(H,56,57);15,17-21,25-26,28,30-32,35-36,38-39H,14,16,22-24,47H2,1-13H3,(H,48,53)(H,49,52)(H,56,57)/b29-16+,31-18+;27-15+,29-17+/t28?,30-,32-,33-,36+,37+,39-,40+;26?,28-,30-,31+,32-,35+,36+,38-,39+/m00/s1. The number of ether oxygens (including phenoxy) is 4. The maximum atomic E-state index is 14.0. The summed E-state index contributed by atoms with van der Waals surface area (Å²) in [5.41, 5.74) is 9.44. The molecular weight excluding hydrogens is 1610 g/mol. The van der Waals surface area contributed by atoms with E-state index in [9.17, 15) is 77.3 Å². The fraction of sp³-hybridized carbons (Fsp3) is 0.626. The van der Waals surface area contributed by atoms with Crippen LogP contribution in [-0.2, 0) is 98.9 Å². The van der Waals surface area contributed by atoms with E-state index in [4.69, 9.17) is 47.9 Å². The van der Waals surface area contributed by atoms with Crippen LogP contribution in [0.2, 0.25) is 10.0 Å². The first-order valence-corrected chi connectivity index (χ1v) is 42.8. The van der Waals surface area contributed by atoms with Gasteiger partial charge in [0.05, 0.1) is 19.0 Å². The van der Waals surface area contributed by atoms with Gasteiger partial charge in [-0.05, 0) is 182 Å². The second kappa shape index (κ2) is 54.2. The highest BCUT2D eigenvalue weighted by molar-refractivity contribution is 6.30. The predicted molar refractivity (Wildman–Crippen MR) is 471 cm³/mol. The first-order chi connectivity index (χ1) is 56.7. The third-order valence-electron chi connectivity index (χ3n) is 22.0. The van der Waals surface area contributed by atoms with Crippen LogP contribution in [0.15, 0.2) is 95.1 Å². The lowest BCUT2D eigenvalue weighted by Crippen LogP contribution is -2.56. The van der Waals surface area contributed by atoms with E-state index in [1.807, 2.05) is 95.2 Å². The van der Waals surface area contributed by atoms with Crippen LogP contribution in [0, 0.1) is 53.3 Å². The van der Waals surface area contributed by atoms with E-state index >= 15 is 0 Å². The second-order valence-electron chi connectivity index (χ2n) is 33.7. The van der Waals surface area contributed by atoms with Crippen molar-refractivity contribution in [2.45, 2.75) is 277 Å². The number of nitrogens with one attached hydrogen (secondary N) is 4. The molecule has 8 amide bonds. The summed E-state index contributed by atoms with van der Waals surface area (Å²) in [6.07, 6.45) is 6.18. The first kappa shape index (κ1) is 111. The smallest absolute Gasteiger partial charge is 0.334 e. The third kappa shape index (κ3) is 37.3. The Morgan fingerprint density at radius 3 is 1.03 bits per heavy atom. The van der Waals surface area contributed by atoms with Crippen molar-refractivity contribution in [2.24, 2.45) is 59.0 Å². The molecule has 0 bridgehead atoms. The van der Waals surface area contributed by atoms with Crippen LogP contribution in [0.25, 0.3) is 0 Å². The highest BCUT2D eigenvalue weighted by Crippen LogP contribution is 2.30. The number of allylic oxidation sites excluding steroid dienone is 4. The summed E-state index contributed by atoms with van der Waals surface area (Å²) < 4.78 is 23.0. The number of nitrogens with two attached hydrogens (primary N) is 1. The summed E-state index contributed by atoms with van der Waals surface area (Å²) in [6, 6.07) is 5.68. The molecule has 2 unspecified atom stereocenters. The van der Waals surface area contributed by atoms with E-state index in [1.165, 1.54) is 51.8 Å². The Labute approximate surface area is 733 Å². The number of aliphatic carboxylic acids is 2.